The van der Waals surface area contributed by atoms with Crippen LogP contribution < -0.4 is 0 Å². The van der Waals surface area contributed by atoms with Gasteiger partial charge in [-0.2, -0.15) is 0 Å². The van der Waals surface area contributed by atoms with Crippen molar-refractivity contribution in [3.8, 4) is 0 Å². The average molecular weight is 525 g/mol. The van der Waals surface area contributed by atoms with E-state index in [2.05, 4.69) is 47.8 Å². The van der Waals surface area contributed by atoms with Crippen LogP contribution >= 0.6 is 47.8 Å². The van der Waals surface area contributed by atoms with Crippen LogP contribution in [0.15, 0.2) is 24.3 Å². The second kappa shape index (κ2) is 5.30. The van der Waals surface area contributed by atoms with Gasteiger partial charge in [0.25, 0.3) is 0 Å². The molecule has 0 spiro atoms. The summed E-state index contributed by atoms with van der Waals surface area (Å²) in [6.45, 7) is 7.04. The Hall–Kier alpha value is -0.400. The molecule has 2 atom stereocenters. The molecule has 2 fully saturated rings. The number of benzene rings is 1. The lowest BCUT2D eigenvalue weighted by Crippen LogP contribution is -2.47. The first kappa shape index (κ1) is 18.4. The van der Waals surface area contributed by atoms with Gasteiger partial charge in [-0.15, -0.1) is 0 Å². The number of fused-ring (bicyclic) bond motifs is 1. The molecule has 24 heavy (non-hydrogen) atoms. The first-order valence-corrected chi connectivity index (χ1v) is 9.85. The van der Waals surface area contributed by atoms with E-state index in [4.69, 9.17) is 9.47 Å². The molecule has 130 valence electrons. The van der Waals surface area contributed by atoms with Gasteiger partial charge >= 0.3 is 11.9 Å². The summed E-state index contributed by atoms with van der Waals surface area (Å²) in [4.78, 5) is 24.9. The zero-order valence-corrected chi connectivity index (χ0v) is 18.4. The number of rotatable bonds is 1. The molecule has 0 N–H and O–H groups in total. The van der Waals surface area contributed by atoms with Crippen molar-refractivity contribution < 1.29 is 19.1 Å². The summed E-state index contributed by atoms with van der Waals surface area (Å²) in [5.74, 6) is -0.707. The maximum absolute atomic E-state index is 12.5. The van der Waals surface area contributed by atoms with Crippen LogP contribution in [-0.2, 0) is 26.8 Å². The minimum atomic E-state index is -1.13. The largest absolute Gasteiger partial charge is 0.456 e. The Morgan fingerprint density at radius 1 is 0.958 bits per heavy atom. The summed E-state index contributed by atoms with van der Waals surface area (Å²) in [7, 11) is 0. The van der Waals surface area contributed by atoms with Gasteiger partial charge in [-0.05, 0) is 33.3 Å². The standard InChI is InChI=1S/C17H17Br3O4/c1-14(2)11-16(24-12(14)21,15(3,4)13(22)23-11)9-5-7-10(8-6-9)17(18,19)20/h5-8,11H,1-4H3. The fourth-order valence-electron chi connectivity index (χ4n) is 3.52. The van der Waals surface area contributed by atoms with Crippen LogP contribution in [-0.4, -0.2) is 18.0 Å². The van der Waals surface area contributed by atoms with E-state index >= 15 is 0 Å². The summed E-state index contributed by atoms with van der Waals surface area (Å²) >= 11 is 10.4. The van der Waals surface area contributed by atoms with Crippen molar-refractivity contribution in [3.05, 3.63) is 35.4 Å². The third kappa shape index (κ3) is 2.27. The van der Waals surface area contributed by atoms with Crippen molar-refractivity contribution in [2.75, 3.05) is 0 Å². The van der Waals surface area contributed by atoms with E-state index in [1.54, 1.807) is 27.7 Å². The first-order valence-electron chi connectivity index (χ1n) is 7.47. The van der Waals surface area contributed by atoms with Crippen molar-refractivity contribution in [2.45, 2.75) is 41.5 Å². The lowest BCUT2D eigenvalue weighted by Gasteiger charge is -2.36. The highest BCUT2D eigenvalue weighted by molar-refractivity contribution is 9.38. The zero-order chi connectivity index (χ0) is 18.1. The van der Waals surface area contributed by atoms with Crippen LogP contribution in [0.1, 0.15) is 38.8 Å². The number of ether oxygens (including phenoxy) is 2. The first-order chi connectivity index (χ1) is 10.8. The van der Waals surface area contributed by atoms with Crippen molar-refractivity contribution >= 4 is 59.7 Å². The summed E-state index contributed by atoms with van der Waals surface area (Å²) < 4.78 is 11.0. The molecule has 4 nitrogen and oxygen atoms in total. The van der Waals surface area contributed by atoms with Crippen molar-refractivity contribution in [1.29, 1.82) is 0 Å². The topological polar surface area (TPSA) is 52.6 Å². The Labute approximate surface area is 166 Å². The molecule has 0 aromatic heterocycles. The van der Waals surface area contributed by atoms with Gasteiger partial charge in [0.15, 0.2) is 13.8 Å². The van der Waals surface area contributed by atoms with E-state index in [1.165, 1.54) is 0 Å². The molecule has 0 aliphatic carbocycles. The molecule has 2 heterocycles. The normalized spacial score (nSPS) is 30.7. The van der Waals surface area contributed by atoms with Crippen LogP contribution in [0.5, 0.6) is 0 Å². The van der Waals surface area contributed by atoms with E-state index in [0.717, 1.165) is 11.1 Å². The second-order valence-electron chi connectivity index (χ2n) is 7.33. The number of alkyl halides is 3. The predicted molar refractivity (Wildman–Crippen MR) is 100 cm³/mol. The van der Waals surface area contributed by atoms with Crippen molar-refractivity contribution in [2.24, 2.45) is 10.8 Å². The molecule has 1 aromatic carbocycles. The Kier molecular flexibility index (Phi) is 4.06. The average Bonchev–Trinajstić information content (AvgIpc) is 2.80. The van der Waals surface area contributed by atoms with Gasteiger partial charge in [0, 0.05) is 5.56 Å². The molecular formula is C17H17Br3O4. The number of hydrogen-bond donors (Lipinski definition) is 0. The fourth-order valence-corrected chi connectivity index (χ4v) is 4.31. The highest BCUT2D eigenvalue weighted by atomic mass is 80.0. The molecule has 7 heteroatoms. The Balaban J connectivity index is 2.18. The highest BCUT2D eigenvalue weighted by Gasteiger charge is 2.75. The molecule has 2 aliphatic heterocycles. The fraction of sp³-hybridized carbons (Fsp3) is 0.529. The van der Waals surface area contributed by atoms with E-state index in [-0.39, 0.29) is 11.9 Å². The third-order valence-corrected chi connectivity index (χ3v) is 6.48. The Bertz CT molecular complexity index is 716. The molecular weight excluding hydrogens is 508 g/mol. The Morgan fingerprint density at radius 3 is 2.00 bits per heavy atom. The predicted octanol–water partition coefficient (Wildman–Crippen LogP) is 4.71. The molecule has 2 saturated heterocycles. The quantitative estimate of drug-likeness (QED) is 0.394. The van der Waals surface area contributed by atoms with E-state index in [1.807, 2.05) is 24.3 Å². The molecule has 0 saturated carbocycles. The molecule has 0 amide bonds. The van der Waals surface area contributed by atoms with Gasteiger partial charge in [-0.1, -0.05) is 72.1 Å². The number of esters is 2. The van der Waals surface area contributed by atoms with Crippen LogP contribution in [0.25, 0.3) is 0 Å². The maximum Gasteiger partial charge on any atom is 0.316 e. The van der Waals surface area contributed by atoms with Gasteiger partial charge in [-0.3, -0.25) is 9.59 Å². The lowest BCUT2D eigenvalue weighted by atomic mass is 9.66. The summed E-state index contributed by atoms with van der Waals surface area (Å²) in [5, 5.41) is 0. The summed E-state index contributed by atoms with van der Waals surface area (Å²) in [6.07, 6.45) is -0.660. The highest BCUT2D eigenvalue weighted by Crippen LogP contribution is 2.61. The van der Waals surface area contributed by atoms with Crippen LogP contribution in [0.2, 0.25) is 0 Å². The summed E-state index contributed by atoms with van der Waals surface area (Å²) in [5.41, 5.74) is -1.31. The summed E-state index contributed by atoms with van der Waals surface area (Å²) in [6, 6.07) is 7.55. The molecule has 3 rings (SSSR count). The molecule has 2 aliphatic rings. The second-order valence-corrected chi connectivity index (χ2v) is 14.1. The molecule has 1 aromatic rings. The minimum Gasteiger partial charge on any atom is -0.456 e. The van der Waals surface area contributed by atoms with Gasteiger partial charge in [-0.25, -0.2) is 0 Å². The monoisotopic (exact) mass is 522 g/mol. The smallest absolute Gasteiger partial charge is 0.316 e. The van der Waals surface area contributed by atoms with Gasteiger partial charge in [0.1, 0.15) is 10.8 Å². The van der Waals surface area contributed by atoms with Crippen LogP contribution in [0.4, 0.5) is 0 Å². The number of carbonyl (C=O) groups excluding carboxylic acids is 2. The molecule has 0 bridgehead atoms. The van der Waals surface area contributed by atoms with Gasteiger partial charge in [0.05, 0.1) is 0 Å². The SMILES string of the molecule is CC1(C)C(=O)OC2(c3ccc(C(Br)(Br)Br)cc3)C1OC(=O)C2(C)C. The Morgan fingerprint density at radius 2 is 1.50 bits per heavy atom. The van der Waals surface area contributed by atoms with Gasteiger partial charge < -0.3 is 9.47 Å². The van der Waals surface area contributed by atoms with Crippen LogP contribution in [0.3, 0.4) is 0 Å². The number of halogens is 3. The van der Waals surface area contributed by atoms with Crippen LogP contribution in [0, 0.1) is 10.8 Å². The van der Waals surface area contributed by atoms with Crippen molar-refractivity contribution in [3.63, 3.8) is 0 Å². The lowest BCUT2D eigenvalue weighted by molar-refractivity contribution is -0.166. The van der Waals surface area contributed by atoms with E-state index < -0.39 is 24.7 Å². The van der Waals surface area contributed by atoms with E-state index in [9.17, 15) is 9.59 Å². The third-order valence-electron chi connectivity index (χ3n) is 5.11. The van der Waals surface area contributed by atoms with E-state index in [0.29, 0.717) is 0 Å². The maximum atomic E-state index is 12.5. The molecule has 0 radical (unpaired) electrons. The molecule has 2 unspecified atom stereocenters. The minimum absolute atomic E-state index is 0.354. The zero-order valence-electron chi connectivity index (χ0n) is 13.7. The number of carbonyl (C=O) groups is 2. The van der Waals surface area contributed by atoms with Crippen molar-refractivity contribution in [1.82, 2.24) is 0 Å². The number of hydrogen-bond acceptors (Lipinski definition) is 4. The van der Waals surface area contributed by atoms with Gasteiger partial charge in [0.2, 0.25) is 0 Å².